The molecule has 6 nitrogen and oxygen atoms in total. The number of aromatic amines is 1. The summed E-state index contributed by atoms with van der Waals surface area (Å²) in [5, 5.41) is 0. The van der Waals surface area contributed by atoms with Crippen LogP contribution in [0.1, 0.15) is 30.5 Å². The molecule has 3 aliphatic rings. The molecule has 130 valence electrons. The number of aromatic nitrogens is 1. The number of fused-ring (bicyclic) bond motifs is 1. The molecule has 1 aromatic heterocycles. The van der Waals surface area contributed by atoms with Gasteiger partial charge in [-0.2, -0.15) is 0 Å². The van der Waals surface area contributed by atoms with Crippen molar-refractivity contribution in [3.63, 3.8) is 0 Å². The highest BCUT2D eigenvalue weighted by Crippen LogP contribution is 2.25. The van der Waals surface area contributed by atoms with Gasteiger partial charge in [-0.1, -0.05) is 12.5 Å². The second kappa shape index (κ2) is 6.69. The molecule has 0 aromatic carbocycles. The van der Waals surface area contributed by atoms with Crippen LogP contribution in [0.2, 0.25) is 0 Å². The minimum absolute atomic E-state index is 0.0575. The van der Waals surface area contributed by atoms with E-state index in [0.29, 0.717) is 19.6 Å². The second-order valence-electron chi connectivity index (χ2n) is 7.29. The summed E-state index contributed by atoms with van der Waals surface area (Å²) in [6.07, 6.45) is 4.83. The van der Waals surface area contributed by atoms with E-state index < -0.39 is 0 Å². The van der Waals surface area contributed by atoms with E-state index >= 15 is 0 Å². The quantitative estimate of drug-likeness (QED) is 0.873. The number of rotatable bonds is 3. The first-order valence-corrected chi connectivity index (χ1v) is 9.14. The Bertz CT molecular complexity index is 659. The topological polar surface area (TPSA) is 59.7 Å². The standard InChI is InChI=1S/C18H26N4O2/c23-17-5-4-14-12-22(7-6-16(14)19-17)18(24)13-20-8-10-21(11-9-20)15-2-1-3-15/h4-5,15H,1-3,6-13H2,(H,19,23). The highest BCUT2D eigenvalue weighted by atomic mass is 16.2. The van der Waals surface area contributed by atoms with Crippen molar-refractivity contribution >= 4 is 5.91 Å². The third-order valence-electron chi connectivity index (χ3n) is 5.80. The molecule has 1 saturated heterocycles. The maximum absolute atomic E-state index is 12.6. The number of piperazine rings is 1. The summed E-state index contributed by atoms with van der Waals surface area (Å²) in [5.41, 5.74) is 2.00. The van der Waals surface area contributed by atoms with Crippen LogP contribution >= 0.6 is 0 Å². The maximum atomic E-state index is 12.6. The van der Waals surface area contributed by atoms with Crippen LogP contribution in [0.15, 0.2) is 16.9 Å². The lowest BCUT2D eigenvalue weighted by molar-refractivity contribution is -0.134. The molecule has 24 heavy (non-hydrogen) atoms. The van der Waals surface area contributed by atoms with Crippen LogP contribution in [0.5, 0.6) is 0 Å². The summed E-state index contributed by atoms with van der Waals surface area (Å²) in [4.78, 5) is 33.7. The van der Waals surface area contributed by atoms with Gasteiger partial charge in [0, 0.05) is 63.5 Å². The number of amides is 1. The number of carbonyl (C=O) groups excluding carboxylic acids is 1. The van der Waals surface area contributed by atoms with Crippen molar-refractivity contribution in [3.05, 3.63) is 33.7 Å². The Hall–Kier alpha value is -1.66. The van der Waals surface area contributed by atoms with E-state index in [1.807, 2.05) is 11.0 Å². The van der Waals surface area contributed by atoms with Crippen LogP contribution in [0, 0.1) is 0 Å². The number of hydrogen-bond acceptors (Lipinski definition) is 4. The number of nitrogens with one attached hydrogen (secondary N) is 1. The molecule has 1 aliphatic carbocycles. The van der Waals surface area contributed by atoms with E-state index in [0.717, 1.165) is 49.9 Å². The largest absolute Gasteiger partial charge is 0.337 e. The molecule has 1 saturated carbocycles. The van der Waals surface area contributed by atoms with Crippen molar-refractivity contribution in [3.8, 4) is 0 Å². The van der Waals surface area contributed by atoms with Gasteiger partial charge < -0.3 is 9.88 Å². The van der Waals surface area contributed by atoms with E-state index in [1.165, 1.54) is 19.3 Å². The minimum Gasteiger partial charge on any atom is -0.337 e. The number of carbonyl (C=O) groups is 1. The predicted molar refractivity (Wildman–Crippen MR) is 91.8 cm³/mol. The third kappa shape index (κ3) is 3.26. The van der Waals surface area contributed by atoms with Crippen molar-refractivity contribution in [2.75, 3.05) is 39.3 Å². The fourth-order valence-electron chi connectivity index (χ4n) is 3.99. The molecular formula is C18H26N4O2. The average Bonchev–Trinajstić information content (AvgIpc) is 2.54. The van der Waals surface area contributed by atoms with Crippen LogP contribution in [-0.2, 0) is 17.8 Å². The molecule has 3 heterocycles. The summed E-state index contributed by atoms with van der Waals surface area (Å²) >= 11 is 0. The summed E-state index contributed by atoms with van der Waals surface area (Å²) in [5.74, 6) is 0.212. The van der Waals surface area contributed by atoms with Gasteiger partial charge in [-0.3, -0.25) is 19.4 Å². The van der Waals surface area contributed by atoms with Gasteiger partial charge in [-0.15, -0.1) is 0 Å². The number of nitrogens with zero attached hydrogens (tertiary/aromatic N) is 3. The Balaban J connectivity index is 1.29. The van der Waals surface area contributed by atoms with Gasteiger partial charge in [-0.05, 0) is 18.4 Å². The van der Waals surface area contributed by atoms with Crippen LogP contribution < -0.4 is 5.56 Å². The summed E-state index contributed by atoms with van der Waals surface area (Å²) in [7, 11) is 0. The summed E-state index contributed by atoms with van der Waals surface area (Å²) < 4.78 is 0. The van der Waals surface area contributed by atoms with Gasteiger partial charge >= 0.3 is 0 Å². The molecule has 6 heteroatoms. The fraction of sp³-hybridized carbons (Fsp3) is 0.667. The van der Waals surface area contributed by atoms with Crippen LogP contribution in [-0.4, -0.2) is 70.9 Å². The first-order valence-electron chi connectivity index (χ1n) is 9.14. The van der Waals surface area contributed by atoms with Crippen molar-refractivity contribution in [2.24, 2.45) is 0 Å². The van der Waals surface area contributed by atoms with Crippen molar-refractivity contribution in [1.29, 1.82) is 0 Å². The van der Waals surface area contributed by atoms with Gasteiger partial charge in [0.05, 0.1) is 6.54 Å². The van der Waals surface area contributed by atoms with Crippen LogP contribution in [0.3, 0.4) is 0 Å². The average molecular weight is 330 g/mol. The lowest BCUT2D eigenvalue weighted by Gasteiger charge is -2.43. The van der Waals surface area contributed by atoms with Gasteiger partial charge in [0.1, 0.15) is 0 Å². The van der Waals surface area contributed by atoms with Gasteiger partial charge in [0.25, 0.3) is 0 Å². The van der Waals surface area contributed by atoms with Gasteiger partial charge in [0.2, 0.25) is 11.5 Å². The van der Waals surface area contributed by atoms with E-state index in [1.54, 1.807) is 6.07 Å². The maximum Gasteiger partial charge on any atom is 0.248 e. The molecular weight excluding hydrogens is 304 g/mol. The van der Waals surface area contributed by atoms with E-state index in [-0.39, 0.29) is 11.5 Å². The fourth-order valence-corrected chi connectivity index (χ4v) is 3.99. The predicted octanol–water partition coefficient (Wildman–Crippen LogP) is 0.430. The normalized spacial score (nSPS) is 22.9. The number of H-pyrrole nitrogens is 1. The molecule has 2 aliphatic heterocycles. The lowest BCUT2D eigenvalue weighted by Crippen LogP contribution is -2.54. The Kier molecular flexibility index (Phi) is 4.41. The molecule has 4 rings (SSSR count). The van der Waals surface area contributed by atoms with E-state index in [9.17, 15) is 9.59 Å². The molecule has 0 atom stereocenters. The highest BCUT2D eigenvalue weighted by molar-refractivity contribution is 5.78. The van der Waals surface area contributed by atoms with Crippen LogP contribution in [0.4, 0.5) is 0 Å². The first kappa shape index (κ1) is 15.8. The van der Waals surface area contributed by atoms with E-state index in [4.69, 9.17) is 0 Å². The second-order valence-corrected chi connectivity index (χ2v) is 7.29. The molecule has 0 radical (unpaired) electrons. The molecule has 0 spiro atoms. The molecule has 1 amide bonds. The first-order chi connectivity index (χ1) is 11.7. The minimum atomic E-state index is -0.0575. The number of hydrogen-bond donors (Lipinski definition) is 1. The number of pyridine rings is 1. The Morgan fingerprint density at radius 3 is 2.62 bits per heavy atom. The SMILES string of the molecule is O=C(CN1CCN(C2CCC2)CC1)N1CCc2[nH]c(=O)ccc2C1. The Labute approximate surface area is 142 Å². The van der Waals surface area contributed by atoms with E-state index in [2.05, 4.69) is 14.8 Å². The lowest BCUT2D eigenvalue weighted by atomic mass is 9.91. The summed E-state index contributed by atoms with van der Waals surface area (Å²) in [6, 6.07) is 4.21. The monoisotopic (exact) mass is 330 g/mol. The molecule has 1 aromatic rings. The molecule has 2 fully saturated rings. The smallest absolute Gasteiger partial charge is 0.248 e. The Morgan fingerprint density at radius 2 is 1.92 bits per heavy atom. The van der Waals surface area contributed by atoms with Crippen molar-refractivity contribution < 1.29 is 4.79 Å². The Morgan fingerprint density at radius 1 is 1.12 bits per heavy atom. The van der Waals surface area contributed by atoms with Crippen molar-refractivity contribution in [1.82, 2.24) is 19.7 Å². The van der Waals surface area contributed by atoms with Gasteiger partial charge in [-0.25, -0.2) is 0 Å². The van der Waals surface area contributed by atoms with Crippen molar-refractivity contribution in [2.45, 2.75) is 38.3 Å². The molecule has 0 bridgehead atoms. The molecule has 1 N–H and O–H groups in total. The zero-order chi connectivity index (χ0) is 16.5. The summed E-state index contributed by atoms with van der Waals surface area (Å²) in [6.45, 7) is 6.04. The zero-order valence-corrected chi connectivity index (χ0v) is 14.2. The van der Waals surface area contributed by atoms with Crippen LogP contribution in [0.25, 0.3) is 0 Å². The molecule has 0 unspecified atom stereocenters. The highest BCUT2D eigenvalue weighted by Gasteiger charge is 2.29. The third-order valence-corrected chi connectivity index (χ3v) is 5.80. The van der Waals surface area contributed by atoms with Gasteiger partial charge in [0.15, 0.2) is 0 Å². The zero-order valence-electron chi connectivity index (χ0n) is 14.2.